The topological polar surface area (TPSA) is 12.5 Å². The Morgan fingerprint density at radius 2 is 2.06 bits per heavy atom. The molecule has 0 amide bonds. The summed E-state index contributed by atoms with van der Waals surface area (Å²) >= 11 is 6.09. The zero-order valence-corrected chi connectivity index (χ0v) is 11.3. The summed E-state index contributed by atoms with van der Waals surface area (Å²) in [5.41, 5.74) is 1.10. The lowest BCUT2D eigenvalue weighted by molar-refractivity contribution is 0.104. The average molecular weight is 254 g/mol. The molecule has 0 radical (unpaired) electrons. The van der Waals surface area contributed by atoms with Crippen LogP contribution in [0.25, 0.3) is 0 Å². The van der Waals surface area contributed by atoms with Crippen LogP contribution in [-0.2, 0) is 0 Å². The van der Waals surface area contributed by atoms with E-state index in [4.69, 9.17) is 16.3 Å². The van der Waals surface area contributed by atoms with Crippen molar-refractivity contribution in [1.29, 1.82) is 0 Å². The smallest absolute Gasteiger partial charge is 0.121 e. The van der Waals surface area contributed by atoms with Gasteiger partial charge in [-0.3, -0.25) is 0 Å². The van der Waals surface area contributed by atoms with Gasteiger partial charge in [0.25, 0.3) is 0 Å². The summed E-state index contributed by atoms with van der Waals surface area (Å²) < 4.78 is 5.97. The van der Waals surface area contributed by atoms with Crippen molar-refractivity contribution in [2.24, 2.45) is 0 Å². The van der Waals surface area contributed by atoms with Gasteiger partial charge in [0.1, 0.15) is 11.9 Å². The zero-order chi connectivity index (χ0) is 12.3. The largest absolute Gasteiger partial charge is 0.490 e. The molecule has 1 saturated heterocycles. The van der Waals surface area contributed by atoms with Gasteiger partial charge in [0, 0.05) is 18.1 Å². The van der Waals surface area contributed by atoms with E-state index < -0.39 is 0 Å². The van der Waals surface area contributed by atoms with Gasteiger partial charge in [0.2, 0.25) is 0 Å². The van der Waals surface area contributed by atoms with Crippen LogP contribution < -0.4 is 4.74 Å². The van der Waals surface area contributed by atoms with Crippen molar-refractivity contribution in [3.05, 3.63) is 28.8 Å². The van der Waals surface area contributed by atoms with Crippen LogP contribution in [0.1, 0.15) is 25.3 Å². The molecule has 0 saturated carbocycles. The van der Waals surface area contributed by atoms with Crippen molar-refractivity contribution in [1.82, 2.24) is 4.90 Å². The number of halogens is 1. The van der Waals surface area contributed by atoms with Gasteiger partial charge >= 0.3 is 0 Å². The van der Waals surface area contributed by atoms with Crippen LogP contribution in [0.2, 0.25) is 5.02 Å². The summed E-state index contributed by atoms with van der Waals surface area (Å²) in [6.07, 6.45) is 2.56. The molecule has 0 aromatic heterocycles. The van der Waals surface area contributed by atoms with Crippen molar-refractivity contribution >= 4 is 11.6 Å². The third-order valence-corrected chi connectivity index (χ3v) is 3.84. The van der Waals surface area contributed by atoms with Gasteiger partial charge in [0.05, 0.1) is 0 Å². The number of nitrogens with zero attached hydrogens (tertiary/aromatic N) is 1. The maximum Gasteiger partial charge on any atom is 0.121 e. The van der Waals surface area contributed by atoms with E-state index in [-0.39, 0.29) is 0 Å². The van der Waals surface area contributed by atoms with E-state index in [1.165, 1.54) is 0 Å². The van der Waals surface area contributed by atoms with Crippen LogP contribution in [0.4, 0.5) is 0 Å². The van der Waals surface area contributed by atoms with Crippen molar-refractivity contribution in [3.8, 4) is 5.75 Å². The molecular weight excluding hydrogens is 234 g/mol. The predicted molar refractivity (Wildman–Crippen MR) is 72.0 cm³/mol. The molecule has 0 bridgehead atoms. The number of aryl methyl sites for hydroxylation is 1. The number of rotatable bonds is 3. The minimum atomic E-state index is 0.344. The molecule has 94 valence electrons. The highest BCUT2D eigenvalue weighted by Gasteiger charge is 2.19. The number of ether oxygens (including phenoxy) is 1. The van der Waals surface area contributed by atoms with Gasteiger partial charge in [-0.25, -0.2) is 0 Å². The minimum absolute atomic E-state index is 0.344. The number of hydrogen-bond donors (Lipinski definition) is 0. The van der Waals surface area contributed by atoms with Crippen LogP contribution in [0.3, 0.4) is 0 Å². The molecule has 2 nitrogen and oxygen atoms in total. The van der Waals surface area contributed by atoms with Crippen molar-refractivity contribution in [3.63, 3.8) is 0 Å². The van der Waals surface area contributed by atoms with Crippen LogP contribution in [0.15, 0.2) is 18.2 Å². The fourth-order valence-electron chi connectivity index (χ4n) is 2.18. The molecular formula is C14H20ClNO. The van der Waals surface area contributed by atoms with Gasteiger partial charge in [-0.15, -0.1) is 0 Å². The Morgan fingerprint density at radius 1 is 1.35 bits per heavy atom. The maximum absolute atomic E-state index is 6.09. The van der Waals surface area contributed by atoms with Gasteiger partial charge in [-0.05, 0) is 44.0 Å². The lowest BCUT2D eigenvalue weighted by atomic mass is 10.1. The Balaban J connectivity index is 1.91. The Bertz CT molecular complexity index is 372. The summed E-state index contributed by atoms with van der Waals surface area (Å²) in [5, 5.41) is 0.786. The maximum atomic E-state index is 6.09. The molecule has 1 aliphatic heterocycles. The Morgan fingerprint density at radius 3 is 2.65 bits per heavy atom. The summed E-state index contributed by atoms with van der Waals surface area (Å²) in [5.74, 6) is 0.899. The standard InChI is InChI=1S/C14H20ClNO/c1-3-16-8-6-12(7-9-16)17-13-5-4-11(2)14(15)10-13/h4-5,10,12H,3,6-9H2,1-2H3. The molecule has 1 fully saturated rings. The number of benzene rings is 1. The van der Waals surface area contributed by atoms with Crippen LogP contribution in [0, 0.1) is 6.92 Å². The fraction of sp³-hybridized carbons (Fsp3) is 0.571. The van der Waals surface area contributed by atoms with Crippen LogP contribution >= 0.6 is 11.6 Å². The summed E-state index contributed by atoms with van der Waals surface area (Å²) in [6, 6.07) is 5.94. The number of likely N-dealkylation sites (tertiary alicyclic amines) is 1. The second-order valence-electron chi connectivity index (χ2n) is 4.66. The highest BCUT2D eigenvalue weighted by atomic mass is 35.5. The highest BCUT2D eigenvalue weighted by Crippen LogP contribution is 2.24. The van der Waals surface area contributed by atoms with Gasteiger partial charge < -0.3 is 9.64 Å². The summed E-state index contributed by atoms with van der Waals surface area (Å²) in [6.45, 7) is 7.64. The van der Waals surface area contributed by atoms with Gasteiger partial charge in [0.15, 0.2) is 0 Å². The first kappa shape index (κ1) is 12.7. The molecule has 1 aromatic rings. The lowest BCUT2D eigenvalue weighted by Crippen LogP contribution is -2.37. The zero-order valence-electron chi connectivity index (χ0n) is 10.6. The van der Waals surface area contributed by atoms with E-state index in [1.54, 1.807) is 0 Å². The molecule has 0 spiro atoms. The molecule has 0 atom stereocenters. The van der Waals surface area contributed by atoms with Gasteiger partial charge in [-0.2, -0.15) is 0 Å². The van der Waals surface area contributed by atoms with Gasteiger partial charge in [-0.1, -0.05) is 24.6 Å². The Labute approximate surface area is 109 Å². The van der Waals surface area contributed by atoms with E-state index in [0.717, 1.165) is 48.8 Å². The molecule has 17 heavy (non-hydrogen) atoms. The second kappa shape index (κ2) is 5.74. The molecule has 0 aliphatic carbocycles. The molecule has 0 N–H and O–H groups in total. The number of piperidine rings is 1. The summed E-state index contributed by atoms with van der Waals surface area (Å²) in [4.78, 5) is 2.46. The average Bonchev–Trinajstić information content (AvgIpc) is 2.35. The second-order valence-corrected chi connectivity index (χ2v) is 5.07. The third-order valence-electron chi connectivity index (χ3n) is 3.43. The monoisotopic (exact) mass is 253 g/mol. The van der Waals surface area contributed by atoms with E-state index in [9.17, 15) is 0 Å². The molecule has 3 heteroatoms. The Hall–Kier alpha value is -0.730. The summed E-state index contributed by atoms with van der Waals surface area (Å²) in [7, 11) is 0. The quantitative estimate of drug-likeness (QED) is 0.817. The SMILES string of the molecule is CCN1CCC(Oc2ccc(C)c(Cl)c2)CC1. The highest BCUT2D eigenvalue weighted by molar-refractivity contribution is 6.31. The fourth-order valence-corrected chi connectivity index (χ4v) is 2.35. The Kier molecular flexibility index (Phi) is 4.30. The van der Waals surface area contributed by atoms with E-state index in [2.05, 4.69) is 11.8 Å². The number of hydrogen-bond acceptors (Lipinski definition) is 2. The van der Waals surface area contributed by atoms with Crippen LogP contribution in [-0.4, -0.2) is 30.6 Å². The first-order chi connectivity index (χ1) is 8.19. The minimum Gasteiger partial charge on any atom is -0.490 e. The van der Waals surface area contributed by atoms with Crippen molar-refractivity contribution in [2.75, 3.05) is 19.6 Å². The van der Waals surface area contributed by atoms with E-state index >= 15 is 0 Å². The molecule has 2 rings (SSSR count). The van der Waals surface area contributed by atoms with Crippen LogP contribution in [0.5, 0.6) is 5.75 Å². The molecule has 0 unspecified atom stereocenters. The van der Waals surface area contributed by atoms with E-state index in [0.29, 0.717) is 6.10 Å². The molecule has 1 heterocycles. The molecule has 1 aromatic carbocycles. The molecule has 1 aliphatic rings. The third kappa shape index (κ3) is 3.36. The van der Waals surface area contributed by atoms with Crippen molar-refractivity contribution in [2.45, 2.75) is 32.8 Å². The van der Waals surface area contributed by atoms with Crippen molar-refractivity contribution < 1.29 is 4.74 Å². The first-order valence-electron chi connectivity index (χ1n) is 6.34. The predicted octanol–water partition coefficient (Wildman–Crippen LogP) is 3.51. The normalized spacial score (nSPS) is 18.3. The van der Waals surface area contributed by atoms with E-state index in [1.807, 2.05) is 25.1 Å². The lowest BCUT2D eigenvalue weighted by Gasteiger charge is -2.31. The first-order valence-corrected chi connectivity index (χ1v) is 6.72.